The number of benzene rings is 1. The maximum Gasteiger partial charge on any atom is 0.283 e. The molecule has 4 N–H and O–H groups in total. The Morgan fingerprint density at radius 3 is 1.46 bits per heavy atom. The van der Waals surface area contributed by atoms with Crippen LogP contribution in [0.15, 0.2) is 30.3 Å². The predicted molar refractivity (Wildman–Crippen MR) is 46.0 cm³/mol. The molecular formula is C8H9N3O2. The largest absolute Gasteiger partial charge is 0.443 e. The Morgan fingerprint density at radius 1 is 1.00 bits per heavy atom. The van der Waals surface area contributed by atoms with Gasteiger partial charge < -0.3 is 15.9 Å². The van der Waals surface area contributed by atoms with E-state index in [9.17, 15) is 0 Å². The summed E-state index contributed by atoms with van der Waals surface area (Å²) < 4.78 is 0. The Kier molecular flexibility index (Phi) is 12.5. The average Bonchev–Trinajstić information content (AvgIpc) is 2.08. The zero-order valence-electron chi connectivity index (χ0n) is 6.75. The van der Waals surface area contributed by atoms with Crippen molar-refractivity contribution in [3.05, 3.63) is 30.3 Å². The first-order valence-corrected chi connectivity index (χ1v) is 3.09. The van der Waals surface area contributed by atoms with Crippen molar-refractivity contribution in [2.24, 2.45) is 0 Å². The van der Waals surface area contributed by atoms with Gasteiger partial charge in [-0.2, -0.15) is 10.5 Å². The van der Waals surface area contributed by atoms with E-state index in [1.165, 1.54) is 0 Å². The van der Waals surface area contributed by atoms with Gasteiger partial charge in [-0.05, 0) is 12.1 Å². The number of nitrogens with zero attached hydrogens (tertiary/aromatic N) is 2. The second kappa shape index (κ2) is 12.3. The Bertz CT molecular complexity index is 262. The second-order valence-electron chi connectivity index (χ2n) is 1.61. The molecule has 0 unspecified atom stereocenters. The summed E-state index contributed by atoms with van der Waals surface area (Å²) in [6.45, 7) is 0. The van der Waals surface area contributed by atoms with E-state index in [1.807, 2.05) is 30.3 Å². The van der Waals surface area contributed by atoms with E-state index in [1.54, 1.807) is 0 Å². The van der Waals surface area contributed by atoms with Crippen LogP contribution in [0.1, 0.15) is 0 Å². The van der Waals surface area contributed by atoms with Gasteiger partial charge in [0.15, 0.2) is 0 Å². The lowest BCUT2D eigenvalue weighted by Gasteiger charge is -1.83. The Morgan fingerprint density at radius 2 is 1.31 bits per heavy atom. The van der Waals surface area contributed by atoms with E-state index in [4.69, 9.17) is 26.5 Å². The van der Waals surface area contributed by atoms with Gasteiger partial charge in [-0.1, -0.05) is 18.2 Å². The molecule has 1 rings (SSSR count). The first-order valence-electron chi connectivity index (χ1n) is 3.09. The molecule has 5 nitrogen and oxygen atoms in total. The molecule has 0 spiro atoms. The minimum absolute atomic E-state index is 0.750. The summed E-state index contributed by atoms with van der Waals surface area (Å²) in [4.78, 5) is 0. The fraction of sp³-hybridized carbons (Fsp3) is 0. The van der Waals surface area contributed by atoms with Crippen molar-refractivity contribution < 1.29 is 10.2 Å². The van der Waals surface area contributed by atoms with Crippen molar-refractivity contribution in [3.63, 3.8) is 0 Å². The van der Waals surface area contributed by atoms with E-state index in [0.29, 0.717) is 0 Å². The summed E-state index contributed by atoms with van der Waals surface area (Å²) in [6.07, 6.45) is 1.50. The van der Waals surface area contributed by atoms with E-state index < -0.39 is 0 Å². The molecule has 0 atom stereocenters. The number of hydrogen-bond donors (Lipinski definition) is 3. The highest BCUT2D eigenvalue weighted by molar-refractivity contribution is 5.35. The Labute approximate surface area is 75.9 Å². The van der Waals surface area contributed by atoms with Gasteiger partial charge in [-0.3, -0.25) is 0 Å². The van der Waals surface area contributed by atoms with Crippen molar-refractivity contribution in [2.45, 2.75) is 0 Å². The topological polar surface area (TPSA) is 114 Å². The van der Waals surface area contributed by atoms with Crippen LogP contribution in [0.4, 0.5) is 5.69 Å². The highest BCUT2D eigenvalue weighted by Crippen LogP contribution is 1.95. The van der Waals surface area contributed by atoms with Crippen LogP contribution in [0.2, 0.25) is 0 Å². The molecule has 0 radical (unpaired) electrons. The number of hydrogen-bond acceptors (Lipinski definition) is 5. The molecule has 1 aromatic carbocycles. The summed E-state index contributed by atoms with van der Waals surface area (Å²) in [7, 11) is 0. The van der Waals surface area contributed by atoms with Crippen LogP contribution in [0.25, 0.3) is 0 Å². The maximum atomic E-state index is 6.88. The lowest BCUT2D eigenvalue weighted by Crippen LogP contribution is -1.79. The number of nitriles is 2. The maximum absolute atomic E-state index is 6.88. The number of aliphatic hydroxyl groups excluding tert-OH is 2. The first-order chi connectivity index (χ1) is 6.22. The molecule has 0 aromatic heterocycles. The van der Waals surface area contributed by atoms with Crippen molar-refractivity contribution >= 4 is 5.69 Å². The smallest absolute Gasteiger partial charge is 0.283 e. The fourth-order valence-electron chi connectivity index (χ4n) is 0.453. The van der Waals surface area contributed by atoms with Crippen molar-refractivity contribution in [1.82, 2.24) is 0 Å². The third-order valence-corrected chi connectivity index (χ3v) is 0.800. The van der Waals surface area contributed by atoms with Gasteiger partial charge in [0.1, 0.15) is 0 Å². The Hall–Kier alpha value is -2.40. The molecule has 0 saturated carbocycles. The zero-order chi connectivity index (χ0) is 10.5. The van der Waals surface area contributed by atoms with Gasteiger partial charge in [-0.15, -0.1) is 0 Å². The monoisotopic (exact) mass is 179 g/mol. The summed E-state index contributed by atoms with van der Waals surface area (Å²) in [5.41, 5.74) is 6.18. The van der Waals surface area contributed by atoms with E-state index in [-0.39, 0.29) is 0 Å². The Balaban J connectivity index is 0. The van der Waals surface area contributed by atoms with E-state index >= 15 is 0 Å². The van der Waals surface area contributed by atoms with Crippen LogP contribution < -0.4 is 5.73 Å². The van der Waals surface area contributed by atoms with Crippen LogP contribution in [-0.4, -0.2) is 10.2 Å². The van der Waals surface area contributed by atoms with E-state index in [0.717, 1.165) is 18.2 Å². The highest BCUT2D eigenvalue weighted by atomic mass is 16.2. The molecule has 0 fully saturated rings. The molecule has 0 aliphatic carbocycles. The number of nitrogens with two attached hydrogens (primary N) is 1. The highest BCUT2D eigenvalue weighted by Gasteiger charge is 1.72. The van der Waals surface area contributed by atoms with Gasteiger partial charge in [-0.25, -0.2) is 0 Å². The summed E-state index contributed by atoms with van der Waals surface area (Å²) in [5, 5.41) is 27.5. The molecule has 0 aliphatic rings. The molecular weight excluding hydrogens is 170 g/mol. The molecule has 0 heterocycles. The summed E-state index contributed by atoms with van der Waals surface area (Å²) >= 11 is 0. The number of rotatable bonds is 0. The molecule has 0 amide bonds. The number of para-hydroxylation sites is 1. The van der Waals surface area contributed by atoms with Crippen molar-refractivity contribution in [3.8, 4) is 12.5 Å². The van der Waals surface area contributed by atoms with Gasteiger partial charge in [0.2, 0.25) is 0 Å². The number of anilines is 1. The van der Waals surface area contributed by atoms with Gasteiger partial charge >= 0.3 is 0 Å². The molecule has 68 valence electrons. The molecule has 0 saturated heterocycles. The third-order valence-electron chi connectivity index (χ3n) is 0.800. The minimum Gasteiger partial charge on any atom is -0.443 e. The number of nitrogen functional groups attached to an aromatic ring is 1. The van der Waals surface area contributed by atoms with Gasteiger partial charge in [0.05, 0.1) is 0 Å². The SMILES string of the molecule is N#CO.N#CO.Nc1ccccc1. The minimum atomic E-state index is 0.750. The summed E-state index contributed by atoms with van der Waals surface area (Å²) in [6, 6.07) is 9.49. The first kappa shape index (κ1) is 13.2. The molecule has 1 aromatic rings. The van der Waals surface area contributed by atoms with Crippen LogP contribution in [0, 0.1) is 23.0 Å². The van der Waals surface area contributed by atoms with Crippen molar-refractivity contribution in [2.75, 3.05) is 5.73 Å². The quantitative estimate of drug-likeness (QED) is 0.405. The van der Waals surface area contributed by atoms with Crippen LogP contribution >= 0.6 is 0 Å². The number of aliphatic hydroxyl groups is 2. The van der Waals surface area contributed by atoms with E-state index in [2.05, 4.69) is 0 Å². The standard InChI is InChI=1S/C6H7N.2CHNO/c7-6-4-2-1-3-5-6;2*2-1-3/h1-5H,7H2;2*3H. The molecule has 0 aliphatic heterocycles. The van der Waals surface area contributed by atoms with Crippen molar-refractivity contribution in [1.29, 1.82) is 10.5 Å². The van der Waals surface area contributed by atoms with Gasteiger partial charge in [0.25, 0.3) is 12.5 Å². The molecule has 5 heteroatoms. The predicted octanol–water partition coefficient (Wildman–Crippen LogP) is 0.949. The van der Waals surface area contributed by atoms with Crippen LogP contribution in [0.3, 0.4) is 0 Å². The van der Waals surface area contributed by atoms with Gasteiger partial charge in [0, 0.05) is 5.69 Å². The fourth-order valence-corrected chi connectivity index (χ4v) is 0.453. The average molecular weight is 179 g/mol. The zero-order valence-corrected chi connectivity index (χ0v) is 6.75. The van der Waals surface area contributed by atoms with Crippen LogP contribution in [-0.2, 0) is 0 Å². The van der Waals surface area contributed by atoms with Crippen LogP contribution in [0.5, 0.6) is 0 Å². The molecule has 13 heavy (non-hydrogen) atoms. The lowest BCUT2D eigenvalue weighted by molar-refractivity contribution is 0.502. The molecule has 0 bridgehead atoms. The summed E-state index contributed by atoms with van der Waals surface area (Å²) in [5.74, 6) is 0. The third kappa shape index (κ3) is 17.7. The normalized spacial score (nSPS) is 5.69. The lowest BCUT2D eigenvalue weighted by atomic mass is 10.3. The second-order valence-corrected chi connectivity index (χ2v) is 1.61.